The molecule has 0 aliphatic carbocycles. The smallest absolute Gasteiger partial charge is 0.306 e. The van der Waals surface area contributed by atoms with Crippen molar-refractivity contribution in [2.24, 2.45) is 5.92 Å². The summed E-state index contributed by atoms with van der Waals surface area (Å²) in [4.78, 5) is 11.0. The third-order valence-corrected chi connectivity index (χ3v) is 1.90. The molecule has 0 fully saturated rings. The molecule has 0 amide bonds. The lowest BCUT2D eigenvalue weighted by atomic mass is 10.0. The summed E-state index contributed by atoms with van der Waals surface area (Å²) >= 11 is 0. The van der Waals surface area contributed by atoms with Crippen LogP contribution in [-0.2, 0) is 9.53 Å². The maximum atomic E-state index is 11.0. The molecule has 13 heavy (non-hydrogen) atoms. The number of esters is 1. The van der Waals surface area contributed by atoms with Crippen LogP contribution in [0.3, 0.4) is 0 Å². The summed E-state index contributed by atoms with van der Waals surface area (Å²) in [5.74, 6) is 0.161. The number of rotatable bonds is 6. The largest absolute Gasteiger partial charge is 0.466 e. The van der Waals surface area contributed by atoms with Crippen LogP contribution in [-0.4, -0.2) is 23.8 Å². The maximum absolute atomic E-state index is 11.0. The second-order valence-electron chi connectivity index (χ2n) is 3.54. The van der Waals surface area contributed by atoms with E-state index >= 15 is 0 Å². The van der Waals surface area contributed by atoms with Crippen LogP contribution in [0.4, 0.5) is 0 Å². The molecule has 0 bridgehead atoms. The Hall–Kier alpha value is -0.570. The predicted octanol–water partition coefficient (Wildman–Crippen LogP) is 1.74. The second-order valence-corrected chi connectivity index (χ2v) is 3.54. The van der Waals surface area contributed by atoms with Gasteiger partial charge >= 0.3 is 5.97 Å². The van der Waals surface area contributed by atoms with E-state index in [2.05, 4.69) is 0 Å². The SMILES string of the molecule is CCOC(=O)CC(C)CCC(C)O. The van der Waals surface area contributed by atoms with Crippen molar-refractivity contribution in [1.29, 1.82) is 0 Å². The lowest BCUT2D eigenvalue weighted by Gasteiger charge is -2.11. The molecular weight excluding hydrogens is 168 g/mol. The first-order chi connectivity index (χ1) is 6.06. The van der Waals surface area contributed by atoms with Gasteiger partial charge in [-0.25, -0.2) is 0 Å². The van der Waals surface area contributed by atoms with Gasteiger partial charge in [-0.15, -0.1) is 0 Å². The van der Waals surface area contributed by atoms with Gasteiger partial charge in [0.2, 0.25) is 0 Å². The van der Waals surface area contributed by atoms with Crippen molar-refractivity contribution in [3.8, 4) is 0 Å². The summed E-state index contributed by atoms with van der Waals surface area (Å²) in [6.45, 7) is 6.01. The molecular formula is C10H20O3. The van der Waals surface area contributed by atoms with Gasteiger partial charge in [0, 0.05) is 6.42 Å². The number of aliphatic hydroxyl groups excluding tert-OH is 1. The van der Waals surface area contributed by atoms with E-state index < -0.39 is 0 Å². The Balaban J connectivity index is 3.49. The third-order valence-electron chi connectivity index (χ3n) is 1.90. The first-order valence-electron chi connectivity index (χ1n) is 4.90. The Kier molecular flexibility index (Phi) is 6.59. The highest BCUT2D eigenvalue weighted by atomic mass is 16.5. The highest BCUT2D eigenvalue weighted by Gasteiger charge is 2.10. The van der Waals surface area contributed by atoms with E-state index in [1.165, 1.54) is 0 Å². The van der Waals surface area contributed by atoms with E-state index in [-0.39, 0.29) is 12.1 Å². The Bertz CT molecular complexity index is 143. The maximum Gasteiger partial charge on any atom is 0.306 e. The lowest BCUT2D eigenvalue weighted by molar-refractivity contribution is -0.144. The molecule has 0 aliphatic heterocycles. The van der Waals surface area contributed by atoms with Gasteiger partial charge in [-0.1, -0.05) is 6.92 Å². The zero-order valence-corrected chi connectivity index (χ0v) is 8.75. The molecule has 1 N–H and O–H groups in total. The number of carbonyl (C=O) groups is 1. The van der Waals surface area contributed by atoms with Crippen LogP contribution in [0.15, 0.2) is 0 Å². The summed E-state index contributed by atoms with van der Waals surface area (Å²) in [5.41, 5.74) is 0. The van der Waals surface area contributed by atoms with E-state index in [1.54, 1.807) is 13.8 Å². The summed E-state index contributed by atoms with van der Waals surface area (Å²) in [7, 11) is 0. The average molecular weight is 188 g/mol. The molecule has 0 aromatic carbocycles. The molecule has 2 unspecified atom stereocenters. The fourth-order valence-corrected chi connectivity index (χ4v) is 1.13. The highest BCUT2D eigenvalue weighted by Crippen LogP contribution is 2.12. The van der Waals surface area contributed by atoms with Crippen LogP contribution in [0, 0.1) is 5.92 Å². The second kappa shape index (κ2) is 6.89. The summed E-state index contributed by atoms with van der Waals surface area (Å²) in [6.07, 6.45) is 1.81. The molecule has 78 valence electrons. The minimum absolute atomic E-state index is 0.138. The first-order valence-corrected chi connectivity index (χ1v) is 4.90. The molecule has 0 aromatic rings. The van der Waals surface area contributed by atoms with E-state index in [9.17, 15) is 4.79 Å². The van der Waals surface area contributed by atoms with Crippen molar-refractivity contribution >= 4 is 5.97 Å². The van der Waals surface area contributed by atoms with Crippen molar-refractivity contribution in [2.45, 2.75) is 46.1 Å². The van der Waals surface area contributed by atoms with Gasteiger partial charge in [-0.05, 0) is 32.6 Å². The standard InChI is InChI=1S/C10H20O3/c1-4-13-10(12)7-8(2)5-6-9(3)11/h8-9,11H,4-7H2,1-3H3. The molecule has 0 rings (SSSR count). The van der Waals surface area contributed by atoms with Crippen LogP contribution in [0.5, 0.6) is 0 Å². The van der Waals surface area contributed by atoms with Crippen molar-refractivity contribution in [2.75, 3.05) is 6.61 Å². The molecule has 0 radical (unpaired) electrons. The van der Waals surface area contributed by atoms with Crippen LogP contribution in [0.2, 0.25) is 0 Å². The fourth-order valence-electron chi connectivity index (χ4n) is 1.13. The Morgan fingerprint density at radius 2 is 2.00 bits per heavy atom. The Labute approximate surface area is 80.1 Å². The van der Waals surface area contributed by atoms with E-state index in [0.29, 0.717) is 18.9 Å². The number of aliphatic hydroxyl groups is 1. The molecule has 2 atom stereocenters. The molecule has 3 nitrogen and oxygen atoms in total. The Morgan fingerprint density at radius 1 is 1.38 bits per heavy atom. The van der Waals surface area contributed by atoms with Gasteiger partial charge in [-0.2, -0.15) is 0 Å². The number of hydrogen-bond donors (Lipinski definition) is 1. The monoisotopic (exact) mass is 188 g/mol. The lowest BCUT2D eigenvalue weighted by Crippen LogP contribution is -2.11. The quantitative estimate of drug-likeness (QED) is 0.646. The predicted molar refractivity (Wildman–Crippen MR) is 51.3 cm³/mol. The summed E-state index contributed by atoms with van der Waals surface area (Å²) < 4.78 is 4.82. The zero-order valence-electron chi connectivity index (χ0n) is 8.75. The Morgan fingerprint density at radius 3 is 2.46 bits per heavy atom. The van der Waals surface area contributed by atoms with Crippen LogP contribution in [0.25, 0.3) is 0 Å². The van der Waals surface area contributed by atoms with Gasteiger partial charge in [0.1, 0.15) is 0 Å². The average Bonchev–Trinajstić information content (AvgIpc) is 2.01. The molecule has 0 aliphatic rings. The van der Waals surface area contributed by atoms with Crippen LogP contribution >= 0.6 is 0 Å². The zero-order chi connectivity index (χ0) is 10.3. The fraction of sp³-hybridized carbons (Fsp3) is 0.900. The number of hydrogen-bond acceptors (Lipinski definition) is 3. The van der Waals surface area contributed by atoms with E-state index in [0.717, 1.165) is 12.8 Å². The summed E-state index contributed by atoms with van der Waals surface area (Å²) in [6, 6.07) is 0. The van der Waals surface area contributed by atoms with Crippen LogP contribution < -0.4 is 0 Å². The first kappa shape index (κ1) is 12.4. The summed E-state index contributed by atoms with van der Waals surface area (Å²) in [5, 5.41) is 9.02. The minimum atomic E-state index is -0.273. The number of carbonyl (C=O) groups excluding carboxylic acids is 1. The van der Waals surface area contributed by atoms with E-state index in [1.807, 2.05) is 6.92 Å². The van der Waals surface area contributed by atoms with Gasteiger partial charge < -0.3 is 9.84 Å². The molecule has 0 aromatic heterocycles. The normalized spacial score (nSPS) is 15.1. The minimum Gasteiger partial charge on any atom is -0.466 e. The highest BCUT2D eigenvalue weighted by molar-refractivity contribution is 5.69. The van der Waals surface area contributed by atoms with Gasteiger partial charge in [0.05, 0.1) is 12.7 Å². The molecule has 0 heterocycles. The molecule has 3 heteroatoms. The van der Waals surface area contributed by atoms with Gasteiger partial charge in [0.25, 0.3) is 0 Å². The third kappa shape index (κ3) is 7.78. The molecule has 0 saturated carbocycles. The molecule has 0 spiro atoms. The van der Waals surface area contributed by atoms with Crippen molar-refractivity contribution < 1.29 is 14.6 Å². The topological polar surface area (TPSA) is 46.5 Å². The van der Waals surface area contributed by atoms with Crippen molar-refractivity contribution in [1.82, 2.24) is 0 Å². The van der Waals surface area contributed by atoms with E-state index in [4.69, 9.17) is 9.84 Å². The molecule has 0 saturated heterocycles. The van der Waals surface area contributed by atoms with Gasteiger partial charge in [-0.3, -0.25) is 4.79 Å². The van der Waals surface area contributed by atoms with Gasteiger partial charge in [0.15, 0.2) is 0 Å². The number of ether oxygens (including phenoxy) is 1. The van der Waals surface area contributed by atoms with Crippen molar-refractivity contribution in [3.05, 3.63) is 0 Å². The van der Waals surface area contributed by atoms with Crippen LogP contribution in [0.1, 0.15) is 40.0 Å². The van der Waals surface area contributed by atoms with Crippen molar-refractivity contribution in [3.63, 3.8) is 0 Å².